The molecule has 0 radical (unpaired) electrons. The summed E-state index contributed by atoms with van der Waals surface area (Å²) in [5, 5.41) is 3.29. The van der Waals surface area contributed by atoms with Crippen LogP contribution in [0.25, 0.3) is 6.08 Å². The number of benzene rings is 1. The standard InChI is InChI=1S/C21H23N3O2S/c1-26-18-10-7-16(8-11-18)9-12-20(25)23-21(27)24-14-3-2-6-19(24)17-5-4-13-22-15-17/h4-5,7-13,15,19H,2-3,6,14H2,1H3,(H,23,25,27)/b12-9+/t19-/m1/s1. The summed E-state index contributed by atoms with van der Waals surface area (Å²) < 4.78 is 5.13. The monoisotopic (exact) mass is 381 g/mol. The van der Waals surface area contributed by atoms with Gasteiger partial charge in [-0.2, -0.15) is 0 Å². The molecule has 27 heavy (non-hydrogen) atoms. The molecule has 2 aromatic rings. The molecule has 1 atom stereocenters. The van der Waals surface area contributed by atoms with Crippen LogP contribution < -0.4 is 10.1 Å². The van der Waals surface area contributed by atoms with Crippen LogP contribution in [0.15, 0.2) is 54.9 Å². The van der Waals surface area contributed by atoms with Gasteiger partial charge in [-0.15, -0.1) is 0 Å². The summed E-state index contributed by atoms with van der Waals surface area (Å²) in [4.78, 5) is 18.6. The molecular weight excluding hydrogens is 358 g/mol. The summed E-state index contributed by atoms with van der Waals surface area (Å²) in [6.45, 7) is 0.834. The van der Waals surface area contributed by atoms with E-state index >= 15 is 0 Å². The maximum atomic E-state index is 12.3. The van der Waals surface area contributed by atoms with Gasteiger partial charge in [-0.25, -0.2) is 0 Å². The number of nitrogens with one attached hydrogen (secondary N) is 1. The molecule has 0 aliphatic carbocycles. The molecule has 140 valence electrons. The third-order valence-corrected chi connectivity index (χ3v) is 4.94. The smallest absolute Gasteiger partial charge is 0.250 e. The normalized spacial score (nSPS) is 16.9. The SMILES string of the molecule is COc1ccc(/C=C/C(=O)NC(=S)N2CCCC[C@@H]2c2cccnc2)cc1. The first kappa shape index (κ1) is 19.0. The molecule has 1 aromatic carbocycles. The number of nitrogens with zero attached hydrogens (tertiary/aromatic N) is 2. The van der Waals surface area contributed by atoms with Crippen LogP contribution in [0.2, 0.25) is 0 Å². The van der Waals surface area contributed by atoms with Gasteiger partial charge in [-0.05, 0) is 66.9 Å². The van der Waals surface area contributed by atoms with E-state index in [1.165, 1.54) is 6.08 Å². The second-order valence-corrected chi connectivity index (χ2v) is 6.78. The number of pyridine rings is 1. The number of hydrogen-bond donors (Lipinski definition) is 1. The second-order valence-electron chi connectivity index (χ2n) is 6.39. The minimum absolute atomic E-state index is 0.158. The molecule has 1 saturated heterocycles. The van der Waals surface area contributed by atoms with Crippen molar-refractivity contribution in [2.75, 3.05) is 13.7 Å². The molecule has 1 N–H and O–H groups in total. The van der Waals surface area contributed by atoms with Crippen LogP contribution in [-0.4, -0.2) is 34.6 Å². The number of methoxy groups -OCH3 is 1. The Morgan fingerprint density at radius 2 is 2.11 bits per heavy atom. The Labute approximate surface area is 165 Å². The van der Waals surface area contributed by atoms with Crippen LogP contribution in [0.4, 0.5) is 0 Å². The van der Waals surface area contributed by atoms with Gasteiger partial charge in [0.15, 0.2) is 5.11 Å². The zero-order valence-electron chi connectivity index (χ0n) is 15.3. The zero-order chi connectivity index (χ0) is 19.1. The molecule has 5 nitrogen and oxygen atoms in total. The van der Waals surface area contributed by atoms with Crippen molar-refractivity contribution in [2.24, 2.45) is 0 Å². The number of ether oxygens (including phenoxy) is 1. The van der Waals surface area contributed by atoms with E-state index in [0.717, 1.165) is 42.7 Å². The van der Waals surface area contributed by atoms with Crippen molar-refractivity contribution in [1.29, 1.82) is 0 Å². The first-order valence-corrected chi connectivity index (χ1v) is 9.42. The maximum absolute atomic E-state index is 12.3. The summed E-state index contributed by atoms with van der Waals surface area (Å²) in [6, 6.07) is 11.6. The van der Waals surface area contributed by atoms with Gasteiger partial charge in [0.1, 0.15) is 5.75 Å². The Bertz CT molecular complexity index is 806. The Kier molecular flexibility index (Phi) is 6.54. The van der Waals surface area contributed by atoms with E-state index in [0.29, 0.717) is 5.11 Å². The van der Waals surface area contributed by atoms with Crippen molar-refractivity contribution in [3.63, 3.8) is 0 Å². The molecule has 1 aliphatic heterocycles. The van der Waals surface area contributed by atoms with Crippen molar-refractivity contribution in [3.05, 3.63) is 66.0 Å². The Morgan fingerprint density at radius 3 is 2.81 bits per heavy atom. The number of amides is 1. The van der Waals surface area contributed by atoms with Crippen molar-refractivity contribution in [2.45, 2.75) is 25.3 Å². The van der Waals surface area contributed by atoms with Crippen LogP contribution in [-0.2, 0) is 4.79 Å². The van der Waals surface area contributed by atoms with Crippen molar-refractivity contribution in [3.8, 4) is 5.75 Å². The van der Waals surface area contributed by atoms with E-state index in [-0.39, 0.29) is 11.9 Å². The first-order valence-electron chi connectivity index (χ1n) is 9.01. The highest BCUT2D eigenvalue weighted by Crippen LogP contribution is 2.30. The average molecular weight is 382 g/mol. The molecule has 1 amide bonds. The van der Waals surface area contributed by atoms with Crippen LogP contribution in [0.5, 0.6) is 5.75 Å². The molecule has 6 heteroatoms. The Hall–Kier alpha value is -2.73. The average Bonchev–Trinajstić information content (AvgIpc) is 2.73. The predicted octanol–water partition coefficient (Wildman–Crippen LogP) is 3.73. The molecule has 3 rings (SSSR count). The number of rotatable bonds is 4. The zero-order valence-corrected chi connectivity index (χ0v) is 16.1. The van der Waals surface area contributed by atoms with Gasteiger partial charge in [0, 0.05) is 25.0 Å². The fourth-order valence-corrected chi connectivity index (χ4v) is 3.52. The third-order valence-electron chi connectivity index (χ3n) is 4.61. The van der Waals surface area contributed by atoms with Gasteiger partial charge >= 0.3 is 0 Å². The predicted molar refractivity (Wildman–Crippen MR) is 110 cm³/mol. The van der Waals surface area contributed by atoms with E-state index in [4.69, 9.17) is 17.0 Å². The fraction of sp³-hybridized carbons (Fsp3) is 0.286. The quantitative estimate of drug-likeness (QED) is 0.646. The molecular formula is C21H23N3O2S. The number of hydrogen-bond acceptors (Lipinski definition) is 4. The van der Waals surface area contributed by atoms with Gasteiger partial charge < -0.3 is 9.64 Å². The van der Waals surface area contributed by atoms with Crippen LogP contribution >= 0.6 is 12.2 Å². The fourth-order valence-electron chi connectivity index (χ4n) is 3.20. The summed E-state index contributed by atoms with van der Waals surface area (Å²) >= 11 is 5.51. The lowest BCUT2D eigenvalue weighted by molar-refractivity contribution is -0.115. The molecule has 1 aromatic heterocycles. The summed E-state index contributed by atoms with van der Waals surface area (Å²) in [7, 11) is 1.62. The van der Waals surface area contributed by atoms with Crippen molar-refractivity contribution in [1.82, 2.24) is 15.2 Å². The molecule has 1 fully saturated rings. The topological polar surface area (TPSA) is 54.5 Å². The van der Waals surface area contributed by atoms with Gasteiger partial charge in [0.2, 0.25) is 5.91 Å². The summed E-state index contributed by atoms with van der Waals surface area (Å²) in [5.41, 5.74) is 2.05. The van der Waals surface area contributed by atoms with Crippen molar-refractivity contribution >= 4 is 29.3 Å². The molecule has 0 unspecified atom stereocenters. The van der Waals surface area contributed by atoms with E-state index < -0.39 is 0 Å². The van der Waals surface area contributed by atoms with Crippen molar-refractivity contribution < 1.29 is 9.53 Å². The second kappa shape index (κ2) is 9.28. The number of likely N-dealkylation sites (tertiary alicyclic amines) is 1. The van der Waals surface area contributed by atoms with Gasteiger partial charge in [-0.1, -0.05) is 18.2 Å². The number of aromatic nitrogens is 1. The lowest BCUT2D eigenvalue weighted by Crippen LogP contribution is -2.46. The van der Waals surface area contributed by atoms with E-state index in [1.54, 1.807) is 19.4 Å². The Balaban J connectivity index is 1.62. The highest BCUT2D eigenvalue weighted by Gasteiger charge is 2.26. The number of piperidine rings is 1. The largest absolute Gasteiger partial charge is 0.497 e. The first-order chi connectivity index (χ1) is 13.2. The van der Waals surface area contributed by atoms with E-state index in [2.05, 4.69) is 21.3 Å². The third kappa shape index (κ3) is 5.14. The minimum Gasteiger partial charge on any atom is -0.497 e. The number of carbonyl (C=O) groups excluding carboxylic acids is 1. The van der Waals surface area contributed by atoms with Gasteiger partial charge in [-0.3, -0.25) is 15.1 Å². The number of thiocarbonyl (C=S) groups is 1. The van der Waals surface area contributed by atoms with Gasteiger partial charge in [0.25, 0.3) is 0 Å². The van der Waals surface area contributed by atoms with Crippen LogP contribution in [0, 0.1) is 0 Å². The minimum atomic E-state index is -0.230. The summed E-state index contributed by atoms with van der Waals surface area (Å²) in [6.07, 6.45) is 10.1. The molecule has 0 bridgehead atoms. The molecule has 2 heterocycles. The lowest BCUT2D eigenvalue weighted by Gasteiger charge is -2.37. The highest BCUT2D eigenvalue weighted by molar-refractivity contribution is 7.80. The molecule has 1 aliphatic rings. The highest BCUT2D eigenvalue weighted by atomic mass is 32.1. The Morgan fingerprint density at radius 1 is 1.30 bits per heavy atom. The molecule has 0 spiro atoms. The lowest BCUT2D eigenvalue weighted by atomic mass is 9.97. The molecule has 0 saturated carbocycles. The van der Waals surface area contributed by atoms with Crippen LogP contribution in [0.1, 0.15) is 36.4 Å². The van der Waals surface area contributed by atoms with Crippen LogP contribution in [0.3, 0.4) is 0 Å². The number of carbonyl (C=O) groups is 1. The van der Waals surface area contributed by atoms with E-state index in [9.17, 15) is 4.79 Å². The maximum Gasteiger partial charge on any atom is 0.250 e. The van der Waals surface area contributed by atoms with Gasteiger partial charge in [0.05, 0.1) is 13.2 Å². The summed E-state index contributed by atoms with van der Waals surface area (Å²) in [5.74, 6) is 0.552. The van der Waals surface area contributed by atoms with E-state index in [1.807, 2.05) is 36.5 Å².